The lowest BCUT2D eigenvalue weighted by molar-refractivity contribution is -0.148. The molecule has 5 unspecified atom stereocenters. The second-order valence-corrected chi connectivity index (χ2v) is 7.23. The summed E-state index contributed by atoms with van der Waals surface area (Å²) in [7, 11) is 3.17. The van der Waals surface area contributed by atoms with Crippen LogP contribution in [0.1, 0.15) is 17.2 Å². The minimum absolute atomic E-state index is 0.130. The molecule has 1 N–H and O–H groups in total. The predicted octanol–water partition coefficient (Wildman–Crippen LogP) is 1.17. The average molecular weight is 357 g/mol. The van der Waals surface area contributed by atoms with Crippen LogP contribution >= 0.6 is 0 Å². The Labute approximate surface area is 150 Å². The van der Waals surface area contributed by atoms with Crippen LogP contribution in [0.2, 0.25) is 0 Å². The van der Waals surface area contributed by atoms with E-state index in [9.17, 15) is 14.7 Å². The average Bonchev–Trinajstić information content (AvgIpc) is 3.28. The fourth-order valence-corrected chi connectivity index (χ4v) is 5.20. The fourth-order valence-electron chi connectivity index (χ4n) is 5.20. The van der Waals surface area contributed by atoms with Crippen LogP contribution in [0.4, 0.5) is 0 Å². The van der Waals surface area contributed by atoms with Gasteiger partial charge in [0.2, 0.25) is 5.91 Å². The predicted molar refractivity (Wildman–Crippen MR) is 89.1 cm³/mol. The number of hydrogen-bond donors (Lipinski definition) is 1. The van der Waals surface area contributed by atoms with Crippen molar-refractivity contribution in [1.82, 2.24) is 4.90 Å². The lowest BCUT2D eigenvalue weighted by Crippen LogP contribution is -2.41. The molecule has 4 aliphatic heterocycles. The molecule has 26 heavy (non-hydrogen) atoms. The lowest BCUT2D eigenvalue weighted by Gasteiger charge is -2.38. The molecule has 1 aromatic rings. The zero-order valence-corrected chi connectivity index (χ0v) is 14.5. The molecule has 0 radical (unpaired) electrons. The number of carbonyl (C=O) groups is 2. The molecule has 1 spiro atoms. The highest BCUT2D eigenvalue weighted by Crippen LogP contribution is 2.61. The Morgan fingerprint density at radius 3 is 2.73 bits per heavy atom. The standard InChI is InChI=1S/C19H19NO6/c1-24-12-7-9-4-6-20-16(10(9)8-13(12)25-2)19-5-3-11(26-19)14(18(22)23)15(19)17(20)21/h3,5,7-8,11,14-16H,4,6H2,1-2H3,(H,22,23). The Morgan fingerprint density at radius 2 is 2.04 bits per heavy atom. The Balaban J connectivity index is 1.69. The third-order valence-corrected chi connectivity index (χ3v) is 6.22. The van der Waals surface area contributed by atoms with Gasteiger partial charge in [-0.3, -0.25) is 9.59 Å². The van der Waals surface area contributed by atoms with Crippen LogP contribution in [0.25, 0.3) is 0 Å². The van der Waals surface area contributed by atoms with Crippen molar-refractivity contribution in [2.24, 2.45) is 11.8 Å². The van der Waals surface area contributed by atoms with E-state index >= 15 is 0 Å². The van der Waals surface area contributed by atoms with Gasteiger partial charge in [-0.15, -0.1) is 0 Å². The normalized spacial score (nSPS) is 35.9. The van der Waals surface area contributed by atoms with Gasteiger partial charge in [0.05, 0.1) is 32.3 Å². The number of carboxylic acid groups (broad SMARTS) is 1. The van der Waals surface area contributed by atoms with Crippen LogP contribution in [0.3, 0.4) is 0 Å². The number of hydrogen-bond acceptors (Lipinski definition) is 5. The molecular formula is C19H19NO6. The van der Waals surface area contributed by atoms with Gasteiger partial charge in [0.1, 0.15) is 11.5 Å². The Bertz CT molecular complexity index is 864. The van der Waals surface area contributed by atoms with Gasteiger partial charge >= 0.3 is 5.97 Å². The number of amides is 1. The van der Waals surface area contributed by atoms with Crippen LogP contribution in [0, 0.1) is 11.8 Å². The number of methoxy groups -OCH3 is 2. The maximum atomic E-state index is 13.1. The first-order valence-electron chi connectivity index (χ1n) is 8.67. The molecule has 2 fully saturated rings. The van der Waals surface area contributed by atoms with Crippen LogP contribution in [0.5, 0.6) is 11.5 Å². The van der Waals surface area contributed by atoms with Crippen molar-refractivity contribution >= 4 is 11.9 Å². The summed E-state index contributed by atoms with van der Waals surface area (Å²) in [5, 5.41) is 9.65. The van der Waals surface area contributed by atoms with Gasteiger partial charge in [-0.05, 0) is 29.7 Å². The minimum Gasteiger partial charge on any atom is -0.493 e. The summed E-state index contributed by atoms with van der Waals surface area (Å²) in [5.41, 5.74) is 1.10. The van der Waals surface area contributed by atoms with Gasteiger partial charge in [-0.1, -0.05) is 12.2 Å². The van der Waals surface area contributed by atoms with Gasteiger partial charge in [-0.25, -0.2) is 0 Å². The number of aliphatic carboxylic acids is 1. The van der Waals surface area contributed by atoms with Crippen molar-refractivity contribution < 1.29 is 28.9 Å². The first-order valence-corrected chi connectivity index (χ1v) is 8.67. The number of fused-ring (bicyclic) bond motifs is 4. The summed E-state index contributed by atoms with van der Waals surface area (Å²) in [6.45, 7) is 0.540. The van der Waals surface area contributed by atoms with Gasteiger partial charge in [0.25, 0.3) is 0 Å². The monoisotopic (exact) mass is 357 g/mol. The first-order chi connectivity index (χ1) is 12.5. The summed E-state index contributed by atoms with van der Waals surface area (Å²) < 4.78 is 17.0. The van der Waals surface area contributed by atoms with E-state index in [1.807, 2.05) is 18.2 Å². The summed E-state index contributed by atoms with van der Waals surface area (Å²) in [6.07, 6.45) is 3.83. The van der Waals surface area contributed by atoms with Crippen molar-refractivity contribution in [3.05, 3.63) is 35.4 Å². The van der Waals surface area contributed by atoms with E-state index in [4.69, 9.17) is 14.2 Å². The van der Waals surface area contributed by atoms with E-state index in [2.05, 4.69) is 0 Å². The number of carboxylic acids is 1. The third kappa shape index (κ3) is 1.66. The van der Waals surface area contributed by atoms with E-state index < -0.39 is 29.5 Å². The second-order valence-electron chi connectivity index (χ2n) is 7.23. The second kappa shape index (κ2) is 5.01. The number of carbonyl (C=O) groups excluding carboxylic acids is 1. The summed E-state index contributed by atoms with van der Waals surface area (Å²) in [4.78, 5) is 26.7. The van der Waals surface area contributed by atoms with Crippen LogP contribution in [0.15, 0.2) is 24.3 Å². The molecule has 136 valence electrons. The largest absolute Gasteiger partial charge is 0.493 e. The van der Waals surface area contributed by atoms with Crippen molar-refractivity contribution in [3.63, 3.8) is 0 Å². The molecule has 7 nitrogen and oxygen atoms in total. The molecule has 4 aliphatic rings. The molecule has 0 saturated carbocycles. The third-order valence-electron chi connectivity index (χ3n) is 6.22. The number of benzene rings is 1. The molecule has 2 bridgehead atoms. The minimum atomic E-state index is -0.980. The van der Waals surface area contributed by atoms with Gasteiger partial charge < -0.3 is 24.2 Å². The zero-order chi connectivity index (χ0) is 18.2. The molecular weight excluding hydrogens is 338 g/mol. The van der Waals surface area contributed by atoms with Crippen molar-refractivity contribution in [3.8, 4) is 11.5 Å². The van der Waals surface area contributed by atoms with Gasteiger partial charge in [0.15, 0.2) is 11.5 Å². The lowest BCUT2D eigenvalue weighted by atomic mass is 9.72. The molecule has 5 rings (SSSR count). The van der Waals surface area contributed by atoms with E-state index in [1.54, 1.807) is 25.2 Å². The molecule has 5 atom stereocenters. The molecule has 0 aromatic heterocycles. The highest BCUT2D eigenvalue weighted by Gasteiger charge is 2.72. The maximum Gasteiger partial charge on any atom is 0.310 e. The molecule has 0 aliphatic carbocycles. The van der Waals surface area contributed by atoms with Crippen LogP contribution in [-0.2, 0) is 20.7 Å². The van der Waals surface area contributed by atoms with Crippen LogP contribution < -0.4 is 9.47 Å². The van der Waals surface area contributed by atoms with E-state index in [0.717, 1.165) is 11.1 Å². The molecule has 1 aromatic carbocycles. The zero-order valence-electron chi connectivity index (χ0n) is 14.5. The summed E-state index contributed by atoms with van der Waals surface area (Å²) in [5.74, 6) is -1.39. The number of rotatable bonds is 3. The topological polar surface area (TPSA) is 85.3 Å². The summed E-state index contributed by atoms with van der Waals surface area (Å²) in [6, 6.07) is 3.50. The highest BCUT2D eigenvalue weighted by atomic mass is 16.5. The SMILES string of the molecule is COc1cc2c(cc1OC)C1N(CC2)C(=O)C2C(C(=O)O)C3C=CC21O3. The highest BCUT2D eigenvalue weighted by molar-refractivity contribution is 5.92. The molecule has 1 amide bonds. The van der Waals surface area contributed by atoms with Gasteiger partial charge in [0, 0.05) is 6.54 Å². The Kier molecular flexibility index (Phi) is 3.02. The van der Waals surface area contributed by atoms with Crippen LogP contribution in [-0.4, -0.2) is 54.4 Å². The van der Waals surface area contributed by atoms with E-state index in [0.29, 0.717) is 24.5 Å². The molecule has 2 saturated heterocycles. The van der Waals surface area contributed by atoms with E-state index in [-0.39, 0.29) is 11.9 Å². The Morgan fingerprint density at radius 1 is 1.31 bits per heavy atom. The number of ether oxygens (including phenoxy) is 3. The molecule has 4 heterocycles. The quantitative estimate of drug-likeness (QED) is 0.818. The fraction of sp³-hybridized carbons (Fsp3) is 0.474. The van der Waals surface area contributed by atoms with Gasteiger partial charge in [-0.2, -0.15) is 0 Å². The summed E-state index contributed by atoms with van der Waals surface area (Å²) >= 11 is 0. The maximum absolute atomic E-state index is 13.1. The smallest absolute Gasteiger partial charge is 0.310 e. The van der Waals surface area contributed by atoms with Crippen molar-refractivity contribution in [2.75, 3.05) is 20.8 Å². The molecule has 7 heteroatoms. The first kappa shape index (κ1) is 15.7. The van der Waals surface area contributed by atoms with Crippen molar-refractivity contribution in [2.45, 2.75) is 24.2 Å². The van der Waals surface area contributed by atoms with Crippen molar-refractivity contribution in [1.29, 1.82) is 0 Å². The Hall–Kier alpha value is -2.54. The number of nitrogens with zero attached hydrogens (tertiary/aromatic N) is 1. The van der Waals surface area contributed by atoms with E-state index in [1.165, 1.54) is 0 Å².